The highest BCUT2D eigenvalue weighted by Gasteiger charge is 2.30. The Balaban J connectivity index is 1.76. The largest absolute Gasteiger partial charge is 0.481 e. The van der Waals surface area contributed by atoms with Crippen molar-refractivity contribution in [1.82, 2.24) is 4.90 Å². The van der Waals surface area contributed by atoms with E-state index in [1.165, 1.54) is 6.07 Å². The first-order chi connectivity index (χ1) is 11.5. The van der Waals surface area contributed by atoms with Crippen LogP contribution in [0.5, 0.6) is 0 Å². The Morgan fingerprint density at radius 3 is 2.88 bits per heavy atom. The average Bonchev–Trinajstić information content (AvgIpc) is 3.00. The molecule has 24 heavy (non-hydrogen) atoms. The molecule has 1 saturated heterocycles. The van der Waals surface area contributed by atoms with Crippen LogP contribution < -0.4 is 0 Å². The maximum Gasteiger partial charge on any atom is 0.307 e. The van der Waals surface area contributed by atoms with E-state index in [-0.39, 0.29) is 11.7 Å². The first-order valence-electron chi connectivity index (χ1n) is 8.26. The normalized spacial score (nSPS) is 21.8. The van der Waals surface area contributed by atoms with E-state index < -0.39 is 5.97 Å². The van der Waals surface area contributed by atoms with Crippen molar-refractivity contribution in [2.24, 2.45) is 5.92 Å². The zero-order chi connectivity index (χ0) is 17.3. The number of nitrogens with zero attached hydrogens (tertiary/aromatic N) is 1. The topological polar surface area (TPSA) is 53.7 Å². The highest BCUT2D eigenvalue weighted by atomic mass is 19.1. The summed E-state index contributed by atoms with van der Waals surface area (Å²) in [6, 6.07) is 9.00. The number of hydrogen-bond donors (Lipinski definition) is 1. The SMILES string of the molecule is Cc1c(F)cccc1-c1ccc(CN2CC(C(=O)O)CCC2C)o1. The van der Waals surface area contributed by atoms with Crippen molar-refractivity contribution in [2.75, 3.05) is 6.54 Å². The molecule has 0 aliphatic carbocycles. The number of hydrogen-bond acceptors (Lipinski definition) is 3. The lowest BCUT2D eigenvalue weighted by molar-refractivity contribution is -0.144. The van der Waals surface area contributed by atoms with Crippen LogP contribution in [0.3, 0.4) is 0 Å². The summed E-state index contributed by atoms with van der Waals surface area (Å²) in [4.78, 5) is 13.4. The van der Waals surface area contributed by atoms with Crippen LogP contribution in [-0.2, 0) is 11.3 Å². The molecular formula is C19H22FNO3. The van der Waals surface area contributed by atoms with Crippen LogP contribution in [0.15, 0.2) is 34.7 Å². The third kappa shape index (κ3) is 3.36. The standard InChI is InChI=1S/C19H22FNO3/c1-12-6-7-14(19(22)23)10-21(12)11-15-8-9-18(24-15)16-4-3-5-17(20)13(16)2/h3-5,8-9,12,14H,6-7,10-11H2,1-2H3,(H,22,23). The molecule has 1 fully saturated rings. The van der Waals surface area contributed by atoms with Crippen molar-refractivity contribution < 1.29 is 18.7 Å². The van der Waals surface area contributed by atoms with Gasteiger partial charge in [-0.05, 0) is 50.5 Å². The Kier molecular flexibility index (Phi) is 4.71. The molecular weight excluding hydrogens is 309 g/mol. The number of furan rings is 1. The molecule has 2 aromatic rings. The van der Waals surface area contributed by atoms with Crippen LogP contribution in [0.2, 0.25) is 0 Å². The Bertz CT molecular complexity index is 740. The van der Waals surface area contributed by atoms with E-state index in [0.717, 1.165) is 24.2 Å². The summed E-state index contributed by atoms with van der Waals surface area (Å²) >= 11 is 0. The van der Waals surface area contributed by atoms with Crippen LogP contribution in [0, 0.1) is 18.7 Å². The van der Waals surface area contributed by atoms with Crippen molar-refractivity contribution >= 4 is 5.97 Å². The average molecular weight is 331 g/mol. The van der Waals surface area contributed by atoms with Crippen LogP contribution in [0.4, 0.5) is 4.39 Å². The van der Waals surface area contributed by atoms with Gasteiger partial charge in [0.1, 0.15) is 17.3 Å². The van der Waals surface area contributed by atoms with Gasteiger partial charge in [0.15, 0.2) is 0 Å². The number of likely N-dealkylation sites (tertiary alicyclic amines) is 1. The molecule has 0 amide bonds. The summed E-state index contributed by atoms with van der Waals surface area (Å²) in [5.74, 6) is 0.107. The Morgan fingerprint density at radius 2 is 2.12 bits per heavy atom. The highest BCUT2D eigenvalue weighted by Crippen LogP contribution is 2.29. The molecule has 2 atom stereocenters. The Hall–Kier alpha value is -2.14. The summed E-state index contributed by atoms with van der Waals surface area (Å²) in [5, 5.41) is 9.23. The second kappa shape index (κ2) is 6.77. The van der Waals surface area contributed by atoms with Crippen LogP contribution in [0.25, 0.3) is 11.3 Å². The van der Waals surface area contributed by atoms with Crippen LogP contribution in [0.1, 0.15) is 31.1 Å². The zero-order valence-electron chi connectivity index (χ0n) is 14.0. The molecule has 3 rings (SSSR count). The number of piperidine rings is 1. The number of benzene rings is 1. The van der Waals surface area contributed by atoms with Crippen molar-refractivity contribution in [3.05, 3.63) is 47.5 Å². The highest BCUT2D eigenvalue weighted by molar-refractivity contribution is 5.70. The quantitative estimate of drug-likeness (QED) is 0.917. The summed E-state index contributed by atoms with van der Waals surface area (Å²) in [6.45, 7) is 4.94. The van der Waals surface area contributed by atoms with Crippen LogP contribution in [-0.4, -0.2) is 28.6 Å². The first kappa shape index (κ1) is 16.7. The van der Waals surface area contributed by atoms with Gasteiger partial charge in [-0.1, -0.05) is 12.1 Å². The smallest absolute Gasteiger partial charge is 0.307 e. The van der Waals surface area contributed by atoms with E-state index in [1.54, 1.807) is 13.0 Å². The molecule has 1 aromatic carbocycles. The second-order valence-electron chi connectivity index (χ2n) is 6.57. The minimum Gasteiger partial charge on any atom is -0.481 e. The molecule has 2 heterocycles. The first-order valence-corrected chi connectivity index (χ1v) is 8.26. The maximum atomic E-state index is 13.7. The van der Waals surface area contributed by atoms with Gasteiger partial charge in [0.05, 0.1) is 12.5 Å². The van der Waals surface area contributed by atoms with Gasteiger partial charge >= 0.3 is 5.97 Å². The number of rotatable bonds is 4. The summed E-state index contributed by atoms with van der Waals surface area (Å²) in [7, 11) is 0. The van der Waals surface area contributed by atoms with Crippen LogP contribution >= 0.6 is 0 Å². The third-order valence-electron chi connectivity index (χ3n) is 4.91. The van der Waals surface area contributed by atoms with Crippen molar-refractivity contribution in [2.45, 2.75) is 39.3 Å². The number of aliphatic carboxylic acids is 1. The van der Waals surface area contributed by atoms with Gasteiger partial charge in [0, 0.05) is 18.2 Å². The van der Waals surface area contributed by atoms with Crippen molar-refractivity contribution in [3.63, 3.8) is 0 Å². The lowest BCUT2D eigenvalue weighted by atomic mass is 9.93. The van der Waals surface area contributed by atoms with E-state index >= 15 is 0 Å². The fraction of sp³-hybridized carbons (Fsp3) is 0.421. The molecule has 1 aromatic heterocycles. The summed E-state index contributed by atoms with van der Waals surface area (Å²) < 4.78 is 19.6. The Labute approximate surface area is 140 Å². The Morgan fingerprint density at radius 1 is 1.33 bits per heavy atom. The number of carboxylic acids is 1. The van der Waals surface area contributed by atoms with E-state index in [2.05, 4.69) is 11.8 Å². The number of halogens is 1. The van der Waals surface area contributed by atoms with Gasteiger partial charge in [-0.3, -0.25) is 9.69 Å². The monoisotopic (exact) mass is 331 g/mol. The van der Waals surface area contributed by atoms with E-state index in [1.807, 2.05) is 18.2 Å². The predicted molar refractivity (Wildman–Crippen MR) is 89.1 cm³/mol. The molecule has 128 valence electrons. The molecule has 0 spiro atoms. The van der Waals surface area contributed by atoms with E-state index in [9.17, 15) is 14.3 Å². The fourth-order valence-electron chi connectivity index (χ4n) is 3.28. The summed E-state index contributed by atoms with van der Waals surface area (Å²) in [6.07, 6.45) is 1.59. The molecule has 5 heteroatoms. The number of carbonyl (C=O) groups is 1. The van der Waals surface area contributed by atoms with Gasteiger partial charge in [-0.25, -0.2) is 4.39 Å². The maximum absolute atomic E-state index is 13.7. The van der Waals surface area contributed by atoms with Gasteiger partial charge in [-0.2, -0.15) is 0 Å². The molecule has 1 N–H and O–H groups in total. The number of carboxylic acid groups (broad SMARTS) is 1. The molecule has 4 nitrogen and oxygen atoms in total. The lowest BCUT2D eigenvalue weighted by Gasteiger charge is -2.35. The molecule has 2 unspecified atom stereocenters. The summed E-state index contributed by atoms with van der Waals surface area (Å²) in [5.41, 5.74) is 1.31. The minimum absolute atomic E-state index is 0.251. The van der Waals surface area contributed by atoms with Gasteiger partial charge in [-0.15, -0.1) is 0 Å². The van der Waals surface area contributed by atoms with Gasteiger partial charge in [0.25, 0.3) is 0 Å². The van der Waals surface area contributed by atoms with Crippen molar-refractivity contribution in [1.29, 1.82) is 0 Å². The molecule has 0 radical (unpaired) electrons. The molecule has 0 bridgehead atoms. The van der Waals surface area contributed by atoms with E-state index in [0.29, 0.717) is 30.5 Å². The molecule has 0 saturated carbocycles. The minimum atomic E-state index is -0.734. The third-order valence-corrected chi connectivity index (χ3v) is 4.91. The second-order valence-corrected chi connectivity index (χ2v) is 6.57. The van der Waals surface area contributed by atoms with Gasteiger partial charge in [0.2, 0.25) is 0 Å². The van der Waals surface area contributed by atoms with Crippen molar-refractivity contribution in [3.8, 4) is 11.3 Å². The lowest BCUT2D eigenvalue weighted by Crippen LogP contribution is -2.43. The zero-order valence-corrected chi connectivity index (χ0v) is 14.0. The fourth-order valence-corrected chi connectivity index (χ4v) is 3.28. The van der Waals surface area contributed by atoms with Gasteiger partial charge < -0.3 is 9.52 Å². The molecule has 1 aliphatic rings. The van der Waals surface area contributed by atoms with E-state index in [4.69, 9.17) is 4.42 Å². The predicted octanol–water partition coefficient (Wildman–Crippen LogP) is 4.08. The molecule has 1 aliphatic heterocycles.